The van der Waals surface area contributed by atoms with Crippen LogP contribution < -0.4 is 5.32 Å². The molecule has 1 aliphatic heterocycles. The molecule has 1 fully saturated rings. The van der Waals surface area contributed by atoms with Crippen molar-refractivity contribution < 1.29 is 19.1 Å². The Kier molecular flexibility index (Phi) is 5.99. The van der Waals surface area contributed by atoms with Gasteiger partial charge in [0, 0.05) is 30.2 Å². The van der Waals surface area contributed by atoms with Crippen molar-refractivity contribution in [2.75, 3.05) is 19.0 Å². The Morgan fingerprint density at radius 3 is 2.71 bits per heavy atom. The lowest BCUT2D eigenvalue weighted by molar-refractivity contribution is -0.128. The number of carbonyl (C=O) groups is 3. The van der Waals surface area contributed by atoms with E-state index in [2.05, 4.69) is 5.32 Å². The highest BCUT2D eigenvalue weighted by molar-refractivity contribution is 6.31. The number of aryl methyl sites for hydroxylation is 1. The van der Waals surface area contributed by atoms with E-state index in [4.69, 9.17) is 16.3 Å². The summed E-state index contributed by atoms with van der Waals surface area (Å²) in [6.45, 7) is 2.53. The van der Waals surface area contributed by atoms with Crippen LogP contribution in [0.5, 0.6) is 0 Å². The number of esters is 1. The summed E-state index contributed by atoms with van der Waals surface area (Å²) in [5, 5.41) is 3.43. The highest BCUT2D eigenvalue weighted by Crippen LogP contribution is 2.25. The Hall–Kier alpha value is -2.86. The Bertz CT molecular complexity index is 928. The molecule has 0 spiro atoms. The van der Waals surface area contributed by atoms with Gasteiger partial charge in [-0.1, -0.05) is 35.9 Å². The van der Waals surface area contributed by atoms with Crippen LogP contribution in [0.4, 0.5) is 5.69 Å². The van der Waals surface area contributed by atoms with Crippen LogP contribution in [0.15, 0.2) is 42.5 Å². The van der Waals surface area contributed by atoms with Crippen LogP contribution >= 0.6 is 11.6 Å². The van der Waals surface area contributed by atoms with E-state index in [0.29, 0.717) is 29.4 Å². The number of amides is 2. The molecule has 146 valence electrons. The number of hydrogen-bond acceptors (Lipinski definition) is 4. The van der Waals surface area contributed by atoms with E-state index in [1.54, 1.807) is 29.2 Å². The predicted molar refractivity (Wildman–Crippen MR) is 106 cm³/mol. The van der Waals surface area contributed by atoms with Gasteiger partial charge in [-0.15, -0.1) is 0 Å². The van der Waals surface area contributed by atoms with Crippen molar-refractivity contribution in [2.45, 2.75) is 19.9 Å². The second kappa shape index (κ2) is 8.44. The van der Waals surface area contributed by atoms with Gasteiger partial charge in [0.05, 0.1) is 18.6 Å². The van der Waals surface area contributed by atoms with Gasteiger partial charge < -0.3 is 15.0 Å². The molecule has 0 radical (unpaired) electrons. The number of ether oxygens (including phenoxy) is 1. The smallest absolute Gasteiger partial charge is 0.337 e. The van der Waals surface area contributed by atoms with Gasteiger partial charge in [-0.2, -0.15) is 0 Å². The summed E-state index contributed by atoms with van der Waals surface area (Å²) in [6, 6.07) is 12.3. The SMILES string of the molecule is COC(=O)c1ccc(C)c(NC(=O)[C@H]2CC(=O)N(Cc3ccccc3Cl)C2)c1. The summed E-state index contributed by atoms with van der Waals surface area (Å²) in [4.78, 5) is 38.4. The predicted octanol–water partition coefficient (Wildman–Crippen LogP) is 3.42. The first-order chi connectivity index (χ1) is 13.4. The molecule has 1 aliphatic rings. The third-order valence-electron chi connectivity index (χ3n) is 4.82. The summed E-state index contributed by atoms with van der Waals surface area (Å²) >= 11 is 6.17. The molecule has 0 unspecified atom stereocenters. The molecule has 6 nitrogen and oxygen atoms in total. The normalized spacial score (nSPS) is 16.2. The van der Waals surface area contributed by atoms with Crippen LogP contribution in [0.25, 0.3) is 0 Å². The molecular formula is C21H21ClN2O4. The first-order valence-electron chi connectivity index (χ1n) is 8.90. The number of carbonyl (C=O) groups excluding carboxylic acids is 3. The zero-order valence-electron chi connectivity index (χ0n) is 15.7. The highest BCUT2D eigenvalue weighted by atomic mass is 35.5. The minimum Gasteiger partial charge on any atom is -0.465 e. The summed E-state index contributed by atoms with van der Waals surface area (Å²) in [6.07, 6.45) is 0.145. The lowest BCUT2D eigenvalue weighted by Gasteiger charge is -2.18. The first-order valence-corrected chi connectivity index (χ1v) is 9.28. The number of nitrogens with one attached hydrogen (secondary N) is 1. The fourth-order valence-corrected chi connectivity index (χ4v) is 3.36. The van der Waals surface area contributed by atoms with Crippen molar-refractivity contribution in [1.29, 1.82) is 0 Å². The van der Waals surface area contributed by atoms with Crippen molar-refractivity contribution in [3.05, 3.63) is 64.2 Å². The van der Waals surface area contributed by atoms with Gasteiger partial charge in [-0.05, 0) is 36.2 Å². The largest absolute Gasteiger partial charge is 0.465 e. The molecule has 1 heterocycles. The number of halogens is 1. The van der Waals surface area contributed by atoms with Gasteiger partial charge in [-0.3, -0.25) is 9.59 Å². The van der Waals surface area contributed by atoms with Crippen molar-refractivity contribution in [3.63, 3.8) is 0 Å². The maximum absolute atomic E-state index is 12.7. The van der Waals surface area contributed by atoms with Crippen LogP contribution in [-0.4, -0.2) is 36.3 Å². The zero-order valence-corrected chi connectivity index (χ0v) is 16.5. The fourth-order valence-electron chi connectivity index (χ4n) is 3.17. The molecule has 1 atom stereocenters. The summed E-state index contributed by atoms with van der Waals surface area (Å²) < 4.78 is 4.72. The molecule has 7 heteroatoms. The zero-order chi connectivity index (χ0) is 20.3. The minimum absolute atomic E-state index is 0.0832. The Balaban J connectivity index is 1.68. The van der Waals surface area contributed by atoms with Gasteiger partial charge in [0.2, 0.25) is 11.8 Å². The standard InChI is InChI=1S/C21H21ClN2O4/c1-13-7-8-14(21(27)28-2)9-18(13)23-20(26)16-10-19(25)24(12-16)11-15-5-3-4-6-17(15)22/h3-9,16H,10-12H2,1-2H3,(H,23,26)/t16-/m0/s1. The van der Waals surface area contributed by atoms with Crippen LogP contribution in [0, 0.1) is 12.8 Å². The lowest BCUT2D eigenvalue weighted by Crippen LogP contribution is -2.28. The molecule has 1 saturated heterocycles. The maximum atomic E-state index is 12.7. The molecule has 28 heavy (non-hydrogen) atoms. The molecule has 2 aromatic carbocycles. The number of methoxy groups -OCH3 is 1. The molecule has 0 bridgehead atoms. The average Bonchev–Trinajstić information content (AvgIpc) is 3.05. The van der Waals surface area contributed by atoms with Crippen LogP contribution in [0.3, 0.4) is 0 Å². The number of likely N-dealkylation sites (tertiary alicyclic amines) is 1. The van der Waals surface area contributed by atoms with Gasteiger partial charge in [0.15, 0.2) is 0 Å². The second-order valence-corrected chi connectivity index (χ2v) is 7.18. The summed E-state index contributed by atoms with van der Waals surface area (Å²) in [5.41, 5.74) is 2.55. The molecule has 3 rings (SSSR count). The Morgan fingerprint density at radius 2 is 2.00 bits per heavy atom. The van der Waals surface area contributed by atoms with E-state index in [-0.39, 0.29) is 18.2 Å². The molecule has 2 amide bonds. The first kappa shape index (κ1) is 19.9. The maximum Gasteiger partial charge on any atom is 0.337 e. The fraction of sp³-hybridized carbons (Fsp3) is 0.286. The van der Waals surface area contributed by atoms with Crippen molar-refractivity contribution in [1.82, 2.24) is 4.90 Å². The van der Waals surface area contributed by atoms with Gasteiger partial charge in [-0.25, -0.2) is 4.79 Å². The number of hydrogen-bond donors (Lipinski definition) is 1. The molecule has 0 aliphatic carbocycles. The monoisotopic (exact) mass is 400 g/mol. The third kappa shape index (κ3) is 4.34. The number of rotatable bonds is 5. The second-order valence-electron chi connectivity index (χ2n) is 6.78. The highest BCUT2D eigenvalue weighted by Gasteiger charge is 2.34. The quantitative estimate of drug-likeness (QED) is 0.780. The van der Waals surface area contributed by atoms with Crippen molar-refractivity contribution >= 4 is 35.1 Å². The van der Waals surface area contributed by atoms with Crippen LogP contribution in [0.2, 0.25) is 5.02 Å². The van der Waals surface area contributed by atoms with E-state index >= 15 is 0 Å². The molecular weight excluding hydrogens is 380 g/mol. The van der Waals surface area contributed by atoms with E-state index in [1.165, 1.54) is 7.11 Å². The van der Waals surface area contributed by atoms with E-state index < -0.39 is 11.9 Å². The molecule has 0 saturated carbocycles. The van der Waals surface area contributed by atoms with E-state index in [9.17, 15) is 14.4 Å². The Morgan fingerprint density at radius 1 is 1.25 bits per heavy atom. The number of anilines is 1. The Labute approximate surface area is 168 Å². The average molecular weight is 401 g/mol. The minimum atomic E-state index is -0.475. The molecule has 0 aromatic heterocycles. The lowest BCUT2D eigenvalue weighted by atomic mass is 10.1. The number of nitrogens with zero attached hydrogens (tertiary/aromatic N) is 1. The summed E-state index contributed by atoms with van der Waals surface area (Å²) in [7, 11) is 1.30. The van der Waals surface area contributed by atoms with E-state index in [1.807, 2.05) is 25.1 Å². The van der Waals surface area contributed by atoms with Crippen molar-refractivity contribution in [2.24, 2.45) is 5.92 Å². The van der Waals surface area contributed by atoms with Gasteiger partial charge >= 0.3 is 5.97 Å². The van der Waals surface area contributed by atoms with E-state index in [0.717, 1.165) is 11.1 Å². The number of benzene rings is 2. The molecule has 1 N–H and O–H groups in total. The topological polar surface area (TPSA) is 75.7 Å². The van der Waals surface area contributed by atoms with Crippen LogP contribution in [0.1, 0.15) is 27.9 Å². The third-order valence-corrected chi connectivity index (χ3v) is 5.19. The molecule has 2 aromatic rings. The summed E-state index contributed by atoms with van der Waals surface area (Å²) in [5.74, 6) is -1.27. The van der Waals surface area contributed by atoms with Gasteiger partial charge in [0.1, 0.15) is 0 Å². The van der Waals surface area contributed by atoms with Gasteiger partial charge in [0.25, 0.3) is 0 Å². The van der Waals surface area contributed by atoms with Crippen molar-refractivity contribution in [3.8, 4) is 0 Å². The van der Waals surface area contributed by atoms with Crippen LogP contribution in [-0.2, 0) is 20.9 Å².